The number of benzene rings is 1. The number of pyridine rings is 1. The lowest BCUT2D eigenvalue weighted by Crippen LogP contribution is -2.29. The Kier molecular flexibility index (Phi) is 6.28. The van der Waals surface area contributed by atoms with Gasteiger partial charge in [-0.05, 0) is 60.6 Å². The Hall–Kier alpha value is -1.30. The first-order chi connectivity index (χ1) is 13.2. The third kappa shape index (κ3) is 4.32. The second kappa shape index (κ2) is 8.21. The summed E-state index contributed by atoms with van der Waals surface area (Å²) in [5.41, 5.74) is 1.66. The van der Waals surface area contributed by atoms with Crippen LogP contribution in [0.4, 0.5) is 17.1 Å². The SMILES string of the molecule is Cc1c(Nc2ccc(I)cc2Cl)c(NS(=O)(=O)C2CC2)c(CCO)n(C)c1=O. The lowest BCUT2D eigenvalue weighted by Gasteiger charge is -2.22. The molecule has 1 aliphatic rings. The van der Waals surface area contributed by atoms with E-state index in [1.807, 2.05) is 6.07 Å². The molecule has 0 amide bonds. The largest absolute Gasteiger partial charge is 0.396 e. The Morgan fingerprint density at radius 1 is 1.32 bits per heavy atom. The van der Waals surface area contributed by atoms with Gasteiger partial charge in [0.05, 0.1) is 27.3 Å². The number of sulfonamides is 1. The molecule has 28 heavy (non-hydrogen) atoms. The Balaban J connectivity index is 2.19. The smallest absolute Gasteiger partial charge is 0.255 e. The molecular formula is C18H21ClIN3O4S. The van der Waals surface area contributed by atoms with E-state index in [-0.39, 0.29) is 24.3 Å². The van der Waals surface area contributed by atoms with Crippen LogP contribution in [0.5, 0.6) is 0 Å². The summed E-state index contributed by atoms with van der Waals surface area (Å²) in [4.78, 5) is 12.7. The number of anilines is 3. The second-order valence-corrected chi connectivity index (χ2v) is 10.4. The van der Waals surface area contributed by atoms with Crippen LogP contribution < -0.4 is 15.6 Å². The molecule has 10 heteroatoms. The van der Waals surface area contributed by atoms with E-state index in [0.29, 0.717) is 40.5 Å². The van der Waals surface area contributed by atoms with Crippen molar-refractivity contribution in [1.29, 1.82) is 0 Å². The van der Waals surface area contributed by atoms with Crippen LogP contribution in [0.3, 0.4) is 0 Å². The molecule has 1 aliphatic carbocycles. The zero-order valence-corrected chi connectivity index (χ0v) is 19.2. The number of nitrogens with zero attached hydrogens (tertiary/aromatic N) is 1. The normalized spacial score (nSPS) is 14.2. The Morgan fingerprint density at radius 2 is 2.00 bits per heavy atom. The number of aromatic nitrogens is 1. The van der Waals surface area contributed by atoms with Gasteiger partial charge in [-0.25, -0.2) is 8.42 Å². The van der Waals surface area contributed by atoms with Crippen molar-refractivity contribution in [2.24, 2.45) is 7.05 Å². The minimum Gasteiger partial charge on any atom is -0.396 e. The molecule has 1 fully saturated rings. The van der Waals surface area contributed by atoms with Crippen LogP contribution in [0, 0.1) is 10.5 Å². The third-order valence-electron chi connectivity index (χ3n) is 4.69. The van der Waals surface area contributed by atoms with Crippen molar-refractivity contribution in [3.8, 4) is 0 Å². The summed E-state index contributed by atoms with van der Waals surface area (Å²) in [6.45, 7) is 1.40. The fourth-order valence-electron chi connectivity index (χ4n) is 2.97. The van der Waals surface area contributed by atoms with Crippen LogP contribution in [0.2, 0.25) is 5.02 Å². The second-order valence-electron chi connectivity index (χ2n) is 6.76. The molecule has 0 radical (unpaired) electrons. The molecule has 0 aliphatic heterocycles. The number of hydrogen-bond donors (Lipinski definition) is 3. The number of rotatable bonds is 7. The van der Waals surface area contributed by atoms with Crippen molar-refractivity contribution >= 4 is 61.3 Å². The van der Waals surface area contributed by atoms with Crippen LogP contribution >= 0.6 is 34.2 Å². The van der Waals surface area contributed by atoms with Crippen molar-refractivity contribution in [2.75, 3.05) is 16.6 Å². The number of hydrogen-bond acceptors (Lipinski definition) is 5. The van der Waals surface area contributed by atoms with E-state index in [1.54, 1.807) is 26.1 Å². The monoisotopic (exact) mass is 537 g/mol. The summed E-state index contributed by atoms with van der Waals surface area (Å²) < 4.78 is 30.2. The number of aliphatic hydroxyl groups excluding tert-OH is 1. The van der Waals surface area contributed by atoms with Crippen molar-refractivity contribution in [2.45, 2.75) is 31.4 Å². The van der Waals surface area contributed by atoms with Crippen LogP contribution in [0.15, 0.2) is 23.0 Å². The summed E-state index contributed by atoms with van der Waals surface area (Å²) in [6, 6.07) is 5.39. The van der Waals surface area contributed by atoms with Gasteiger partial charge in [0, 0.05) is 34.9 Å². The van der Waals surface area contributed by atoms with E-state index in [4.69, 9.17) is 11.6 Å². The van der Waals surface area contributed by atoms with Crippen molar-refractivity contribution < 1.29 is 13.5 Å². The molecule has 3 N–H and O–H groups in total. The lowest BCUT2D eigenvalue weighted by atomic mass is 10.1. The molecule has 0 spiro atoms. The summed E-state index contributed by atoms with van der Waals surface area (Å²) in [7, 11) is -2.01. The molecule has 0 atom stereocenters. The first-order valence-electron chi connectivity index (χ1n) is 8.72. The topological polar surface area (TPSA) is 100 Å². The minimum absolute atomic E-state index is 0.129. The average Bonchev–Trinajstić information content (AvgIpc) is 3.47. The maximum absolute atomic E-state index is 12.7. The third-order valence-corrected chi connectivity index (χ3v) is 7.51. The highest BCUT2D eigenvalue weighted by Gasteiger charge is 2.37. The molecule has 152 valence electrons. The number of aliphatic hydroxyl groups is 1. The Morgan fingerprint density at radius 3 is 2.57 bits per heavy atom. The van der Waals surface area contributed by atoms with E-state index in [0.717, 1.165) is 3.57 Å². The Bertz CT molecular complexity index is 1080. The quantitative estimate of drug-likeness (QED) is 0.471. The highest BCUT2D eigenvalue weighted by Crippen LogP contribution is 2.37. The number of halogens is 2. The van der Waals surface area contributed by atoms with Gasteiger partial charge in [-0.2, -0.15) is 0 Å². The first-order valence-corrected chi connectivity index (χ1v) is 11.7. The van der Waals surface area contributed by atoms with Gasteiger partial charge >= 0.3 is 0 Å². The predicted molar refractivity (Wildman–Crippen MR) is 120 cm³/mol. The fraction of sp³-hybridized carbons (Fsp3) is 0.389. The van der Waals surface area contributed by atoms with Gasteiger partial charge < -0.3 is 15.0 Å². The summed E-state index contributed by atoms with van der Waals surface area (Å²) in [6.07, 6.45) is 1.35. The van der Waals surface area contributed by atoms with Crippen LogP contribution in [-0.4, -0.2) is 29.9 Å². The standard InChI is InChI=1S/C18H21ClIN3O4S/c1-10-16(21-14-6-3-11(20)9-13(14)19)17(22-28(26,27)12-4-5-12)15(7-8-24)23(2)18(10)25/h3,6,9,12,21-22,24H,4-5,7-8H2,1-2H3. The molecule has 0 saturated heterocycles. The van der Waals surface area contributed by atoms with E-state index < -0.39 is 15.3 Å². The summed E-state index contributed by atoms with van der Waals surface area (Å²) in [5, 5.41) is 12.6. The summed E-state index contributed by atoms with van der Waals surface area (Å²) >= 11 is 8.46. The van der Waals surface area contributed by atoms with E-state index >= 15 is 0 Å². The molecular weight excluding hydrogens is 517 g/mol. The maximum Gasteiger partial charge on any atom is 0.255 e. The van der Waals surface area contributed by atoms with Crippen LogP contribution in [0.1, 0.15) is 24.1 Å². The Labute approximate surface area is 182 Å². The van der Waals surface area contributed by atoms with Gasteiger partial charge in [0.1, 0.15) is 0 Å². The lowest BCUT2D eigenvalue weighted by molar-refractivity contribution is 0.296. The molecule has 1 saturated carbocycles. The van der Waals surface area contributed by atoms with Gasteiger partial charge in [0.25, 0.3) is 5.56 Å². The zero-order valence-electron chi connectivity index (χ0n) is 15.4. The molecule has 3 rings (SSSR count). The molecule has 7 nitrogen and oxygen atoms in total. The minimum atomic E-state index is -3.58. The average molecular weight is 538 g/mol. The highest BCUT2D eigenvalue weighted by atomic mass is 127. The van der Waals surface area contributed by atoms with E-state index in [9.17, 15) is 18.3 Å². The van der Waals surface area contributed by atoms with Crippen LogP contribution in [0.25, 0.3) is 0 Å². The van der Waals surface area contributed by atoms with Crippen LogP contribution in [-0.2, 0) is 23.5 Å². The molecule has 1 aromatic heterocycles. The first kappa shape index (κ1) is 21.4. The molecule has 1 aromatic carbocycles. The van der Waals surface area contributed by atoms with Gasteiger partial charge in [0.2, 0.25) is 10.0 Å². The maximum atomic E-state index is 12.7. The summed E-state index contributed by atoms with van der Waals surface area (Å²) in [5.74, 6) is 0. The highest BCUT2D eigenvalue weighted by molar-refractivity contribution is 14.1. The molecule has 1 heterocycles. The molecule has 2 aromatic rings. The molecule has 0 bridgehead atoms. The number of nitrogens with one attached hydrogen (secondary N) is 2. The van der Waals surface area contributed by atoms with Crippen molar-refractivity contribution in [3.05, 3.63) is 48.4 Å². The van der Waals surface area contributed by atoms with Crippen molar-refractivity contribution in [1.82, 2.24) is 4.57 Å². The van der Waals surface area contributed by atoms with Crippen molar-refractivity contribution in [3.63, 3.8) is 0 Å². The fourth-order valence-corrected chi connectivity index (χ4v) is 5.31. The van der Waals surface area contributed by atoms with Gasteiger partial charge in [0.15, 0.2) is 0 Å². The van der Waals surface area contributed by atoms with Gasteiger partial charge in [-0.3, -0.25) is 9.52 Å². The van der Waals surface area contributed by atoms with E-state index in [1.165, 1.54) is 4.57 Å². The zero-order chi connectivity index (χ0) is 20.6. The predicted octanol–water partition coefficient (Wildman–Crippen LogP) is 3.13. The molecule has 0 unspecified atom stereocenters. The van der Waals surface area contributed by atoms with Gasteiger partial charge in [-0.1, -0.05) is 11.6 Å². The van der Waals surface area contributed by atoms with Gasteiger partial charge in [-0.15, -0.1) is 0 Å². The van der Waals surface area contributed by atoms with E-state index in [2.05, 4.69) is 32.6 Å².